The van der Waals surface area contributed by atoms with Crippen molar-refractivity contribution in [3.8, 4) is 0 Å². The first-order chi connectivity index (χ1) is 13.0. The van der Waals surface area contributed by atoms with Crippen LogP contribution in [0.25, 0.3) is 0 Å². The Labute approximate surface area is 160 Å². The van der Waals surface area contributed by atoms with E-state index in [2.05, 4.69) is 10.3 Å². The summed E-state index contributed by atoms with van der Waals surface area (Å²) in [5.41, 5.74) is 1.19. The zero-order valence-electron chi connectivity index (χ0n) is 15.5. The smallest absolute Gasteiger partial charge is 0.251 e. The van der Waals surface area contributed by atoms with Crippen molar-refractivity contribution < 1.29 is 13.2 Å². The van der Waals surface area contributed by atoms with E-state index in [4.69, 9.17) is 0 Å². The normalized spacial score (nSPS) is 17.1. The molecule has 27 heavy (non-hydrogen) atoms. The van der Waals surface area contributed by atoms with Gasteiger partial charge in [0.15, 0.2) is 0 Å². The monoisotopic (exact) mass is 387 g/mol. The molecule has 0 saturated carbocycles. The quantitative estimate of drug-likeness (QED) is 0.855. The molecule has 2 heterocycles. The molecule has 1 atom stereocenters. The van der Waals surface area contributed by atoms with Crippen LogP contribution in [0.2, 0.25) is 0 Å². The largest absolute Gasteiger partial charge is 0.344 e. The van der Waals surface area contributed by atoms with Crippen LogP contribution in [0, 0.1) is 0 Å². The van der Waals surface area contributed by atoms with E-state index >= 15 is 0 Å². The molecular weight excluding hydrogens is 362 g/mol. The molecule has 1 saturated heterocycles. The van der Waals surface area contributed by atoms with Gasteiger partial charge in [-0.3, -0.25) is 9.78 Å². The summed E-state index contributed by atoms with van der Waals surface area (Å²) in [4.78, 5) is 16.9. The third-order valence-electron chi connectivity index (χ3n) is 4.80. The SMILES string of the molecule is C[C@H](NC(=O)c1ccc(S(=O)(=O)N2CCCCCC2)cc1)c1ccccn1. The molecule has 0 radical (unpaired) electrons. The second-order valence-electron chi connectivity index (χ2n) is 6.79. The van der Waals surface area contributed by atoms with Gasteiger partial charge in [-0.1, -0.05) is 18.9 Å². The molecule has 0 spiro atoms. The lowest BCUT2D eigenvalue weighted by Gasteiger charge is -2.20. The molecule has 1 aromatic carbocycles. The molecule has 144 valence electrons. The predicted molar refractivity (Wildman–Crippen MR) is 104 cm³/mol. The van der Waals surface area contributed by atoms with Crippen molar-refractivity contribution in [2.75, 3.05) is 13.1 Å². The molecule has 0 bridgehead atoms. The third-order valence-corrected chi connectivity index (χ3v) is 6.71. The van der Waals surface area contributed by atoms with Crippen molar-refractivity contribution in [3.63, 3.8) is 0 Å². The van der Waals surface area contributed by atoms with Gasteiger partial charge in [0, 0.05) is 24.8 Å². The van der Waals surface area contributed by atoms with Crippen LogP contribution in [-0.2, 0) is 10.0 Å². The average molecular weight is 388 g/mol. The van der Waals surface area contributed by atoms with Crippen LogP contribution < -0.4 is 5.32 Å². The van der Waals surface area contributed by atoms with Crippen LogP contribution in [0.5, 0.6) is 0 Å². The molecule has 1 aliphatic rings. The maximum absolute atomic E-state index is 12.8. The molecule has 1 N–H and O–H groups in total. The number of nitrogens with one attached hydrogen (secondary N) is 1. The van der Waals surface area contributed by atoms with Gasteiger partial charge in [0.2, 0.25) is 10.0 Å². The van der Waals surface area contributed by atoms with Gasteiger partial charge in [-0.05, 0) is 56.2 Å². The maximum Gasteiger partial charge on any atom is 0.251 e. The summed E-state index contributed by atoms with van der Waals surface area (Å²) >= 11 is 0. The van der Waals surface area contributed by atoms with Crippen LogP contribution in [-0.4, -0.2) is 36.7 Å². The van der Waals surface area contributed by atoms with Crippen LogP contribution in [0.3, 0.4) is 0 Å². The Morgan fingerprint density at radius 1 is 1.04 bits per heavy atom. The molecule has 1 aliphatic heterocycles. The van der Waals surface area contributed by atoms with Gasteiger partial charge in [0.1, 0.15) is 0 Å². The lowest BCUT2D eigenvalue weighted by atomic mass is 10.1. The number of nitrogens with zero attached hydrogens (tertiary/aromatic N) is 2. The Morgan fingerprint density at radius 3 is 2.30 bits per heavy atom. The first-order valence-corrected chi connectivity index (χ1v) is 10.7. The number of hydrogen-bond acceptors (Lipinski definition) is 4. The van der Waals surface area contributed by atoms with Crippen molar-refractivity contribution >= 4 is 15.9 Å². The number of benzene rings is 1. The highest BCUT2D eigenvalue weighted by Crippen LogP contribution is 2.21. The Kier molecular flexibility index (Phi) is 6.23. The summed E-state index contributed by atoms with van der Waals surface area (Å²) < 4.78 is 27.2. The fourth-order valence-corrected chi connectivity index (χ4v) is 4.71. The molecule has 0 aliphatic carbocycles. The van der Waals surface area contributed by atoms with E-state index in [1.54, 1.807) is 22.6 Å². The van der Waals surface area contributed by atoms with E-state index in [-0.39, 0.29) is 16.8 Å². The Bertz CT molecular complexity index is 859. The summed E-state index contributed by atoms with van der Waals surface area (Å²) in [6, 6.07) is 11.5. The zero-order chi connectivity index (χ0) is 19.3. The summed E-state index contributed by atoms with van der Waals surface area (Å²) in [5.74, 6) is -0.258. The number of amides is 1. The van der Waals surface area contributed by atoms with Crippen LogP contribution in [0.15, 0.2) is 53.6 Å². The molecule has 1 aromatic heterocycles. The Balaban J connectivity index is 1.70. The van der Waals surface area contributed by atoms with Crippen molar-refractivity contribution in [3.05, 3.63) is 59.9 Å². The second-order valence-corrected chi connectivity index (χ2v) is 8.73. The van der Waals surface area contributed by atoms with Crippen LogP contribution in [0.4, 0.5) is 0 Å². The molecule has 0 unspecified atom stereocenters. The van der Waals surface area contributed by atoms with Crippen LogP contribution in [0.1, 0.15) is 54.7 Å². The van der Waals surface area contributed by atoms with Crippen molar-refractivity contribution in [2.45, 2.75) is 43.5 Å². The number of rotatable bonds is 5. The first kappa shape index (κ1) is 19.5. The predicted octanol–water partition coefficient (Wildman–Crippen LogP) is 3.14. The van der Waals surface area contributed by atoms with Crippen LogP contribution >= 0.6 is 0 Å². The fraction of sp³-hybridized carbons (Fsp3) is 0.400. The van der Waals surface area contributed by atoms with Gasteiger partial charge in [0.05, 0.1) is 16.6 Å². The van der Waals surface area contributed by atoms with Gasteiger partial charge in [0.25, 0.3) is 5.91 Å². The van der Waals surface area contributed by atoms with E-state index in [0.717, 1.165) is 31.4 Å². The minimum Gasteiger partial charge on any atom is -0.344 e. The third kappa shape index (κ3) is 4.73. The number of carbonyl (C=O) groups is 1. The number of hydrogen-bond donors (Lipinski definition) is 1. The van der Waals surface area contributed by atoms with E-state index in [1.165, 1.54) is 12.1 Å². The van der Waals surface area contributed by atoms with Crippen molar-refractivity contribution in [2.24, 2.45) is 0 Å². The van der Waals surface area contributed by atoms with Crippen molar-refractivity contribution in [1.29, 1.82) is 0 Å². The number of sulfonamides is 1. The Morgan fingerprint density at radius 2 is 1.70 bits per heavy atom. The van der Waals surface area contributed by atoms with E-state index in [0.29, 0.717) is 18.7 Å². The van der Waals surface area contributed by atoms with Gasteiger partial charge in [-0.15, -0.1) is 0 Å². The fourth-order valence-electron chi connectivity index (χ4n) is 3.20. The highest BCUT2D eigenvalue weighted by Gasteiger charge is 2.25. The van der Waals surface area contributed by atoms with Gasteiger partial charge >= 0.3 is 0 Å². The lowest BCUT2D eigenvalue weighted by Crippen LogP contribution is -2.32. The molecule has 3 rings (SSSR count). The highest BCUT2D eigenvalue weighted by atomic mass is 32.2. The van der Waals surface area contributed by atoms with Gasteiger partial charge in [-0.2, -0.15) is 4.31 Å². The Hall–Kier alpha value is -2.25. The summed E-state index contributed by atoms with van der Waals surface area (Å²) in [6.07, 6.45) is 5.61. The zero-order valence-corrected chi connectivity index (χ0v) is 16.3. The van der Waals surface area contributed by atoms with Gasteiger partial charge in [-0.25, -0.2) is 8.42 Å². The first-order valence-electron chi connectivity index (χ1n) is 9.30. The average Bonchev–Trinajstić information content (AvgIpc) is 2.99. The molecule has 6 nitrogen and oxygen atoms in total. The number of aromatic nitrogens is 1. The molecule has 2 aromatic rings. The maximum atomic E-state index is 12.8. The molecule has 1 amide bonds. The standard InChI is InChI=1S/C20H25N3O3S/c1-16(19-8-4-5-13-21-19)22-20(24)17-9-11-18(12-10-17)27(25,26)23-14-6-2-3-7-15-23/h4-5,8-13,16H,2-3,6-7,14-15H2,1H3,(H,22,24)/t16-/m0/s1. The second kappa shape index (κ2) is 8.63. The van der Waals surface area contributed by atoms with Gasteiger partial charge < -0.3 is 5.32 Å². The summed E-state index contributed by atoms with van der Waals surface area (Å²) in [6.45, 7) is 2.98. The minimum atomic E-state index is -3.50. The molecule has 1 fully saturated rings. The highest BCUT2D eigenvalue weighted by molar-refractivity contribution is 7.89. The van der Waals surface area contributed by atoms with Crippen molar-refractivity contribution in [1.82, 2.24) is 14.6 Å². The number of carbonyl (C=O) groups excluding carboxylic acids is 1. The minimum absolute atomic E-state index is 0.235. The number of pyridine rings is 1. The van der Waals surface area contributed by atoms with E-state index in [1.807, 2.05) is 25.1 Å². The lowest BCUT2D eigenvalue weighted by molar-refractivity contribution is 0.0939. The van der Waals surface area contributed by atoms with E-state index in [9.17, 15) is 13.2 Å². The molecular formula is C20H25N3O3S. The summed E-state index contributed by atoms with van der Waals surface area (Å²) in [7, 11) is -3.50. The van der Waals surface area contributed by atoms with E-state index < -0.39 is 10.0 Å². The summed E-state index contributed by atoms with van der Waals surface area (Å²) in [5, 5.41) is 2.88. The topological polar surface area (TPSA) is 79.4 Å². The molecule has 7 heteroatoms.